The number of para-hydroxylation sites is 2. The summed E-state index contributed by atoms with van der Waals surface area (Å²) < 4.78 is 5.20. The third-order valence-electron chi connectivity index (χ3n) is 2.70. The fourth-order valence-electron chi connectivity index (χ4n) is 1.56. The first kappa shape index (κ1) is 15.9. The van der Waals surface area contributed by atoms with Gasteiger partial charge in [0, 0.05) is 0 Å². The van der Waals surface area contributed by atoms with Crippen molar-refractivity contribution in [2.24, 2.45) is 5.73 Å². The van der Waals surface area contributed by atoms with Crippen molar-refractivity contribution in [3.05, 3.63) is 24.3 Å². The van der Waals surface area contributed by atoms with Crippen LogP contribution in [-0.2, 0) is 4.79 Å². The van der Waals surface area contributed by atoms with Gasteiger partial charge in [0.15, 0.2) is 0 Å². The zero-order valence-electron chi connectivity index (χ0n) is 11.5. The molecule has 1 aromatic carbocycles. The molecule has 19 heavy (non-hydrogen) atoms. The van der Waals surface area contributed by atoms with E-state index in [0.29, 0.717) is 18.0 Å². The molecule has 0 radical (unpaired) electrons. The van der Waals surface area contributed by atoms with E-state index in [-0.39, 0.29) is 11.2 Å². The van der Waals surface area contributed by atoms with E-state index < -0.39 is 0 Å². The minimum Gasteiger partial charge on any atom is -0.495 e. The number of amides is 1. The highest BCUT2D eigenvalue weighted by atomic mass is 32.2. The Morgan fingerprint density at radius 2 is 2.16 bits per heavy atom. The van der Waals surface area contributed by atoms with Gasteiger partial charge in [-0.3, -0.25) is 4.79 Å². The predicted octanol–water partition coefficient (Wildman–Crippen LogP) is 2.49. The number of nitrogens with two attached hydrogens (primary N) is 1. The average Bonchev–Trinajstić information content (AvgIpc) is 2.44. The first-order chi connectivity index (χ1) is 9.19. The molecule has 4 nitrogen and oxygen atoms in total. The number of anilines is 1. The van der Waals surface area contributed by atoms with Crippen molar-refractivity contribution in [3.8, 4) is 5.75 Å². The minimum atomic E-state index is -0.0808. The molecule has 3 N–H and O–H groups in total. The molecule has 0 saturated heterocycles. The molecule has 0 fully saturated rings. The maximum Gasteiger partial charge on any atom is 0.237 e. The molecule has 0 aliphatic carbocycles. The van der Waals surface area contributed by atoms with Crippen molar-refractivity contribution in [1.29, 1.82) is 0 Å². The lowest BCUT2D eigenvalue weighted by Gasteiger charge is -2.14. The second kappa shape index (κ2) is 8.82. The van der Waals surface area contributed by atoms with Gasteiger partial charge < -0.3 is 15.8 Å². The van der Waals surface area contributed by atoms with Crippen LogP contribution in [0.2, 0.25) is 0 Å². The molecule has 0 saturated carbocycles. The van der Waals surface area contributed by atoms with E-state index in [0.717, 1.165) is 18.6 Å². The van der Waals surface area contributed by atoms with E-state index >= 15 is 0 Å². The fraction of sp³-hybridized carbons (Fsp3) is 0.500. The first-order valence-electron chi connectivity index (χ1n) is 6.44. The van der Waals surface area contributed by atoms with Crippen molar-refractivity contribution >= 4 is 23.4 Å². The molecule has 0 aliphatic rings. The summed E-state index contributed by atoms with van der Waals surface area (Å²) in [4.78, 5) is 12.0. The van der Waals surface area contributed by atoms with Gasteiger partial charge >= 0.3 is 0 Å². The summed E-state index contributed by atoms with van der Waals surface area (Å²) in [7, 11) is 1.59. The molecule has 1 aromatic rings. The van der Waals surface area contributed by atoms with Gasteiger partial charge in [0.05, 0.1) is 18.0 Å². The summed E-state index contributed by atoms with van der Waals surface area (Å²) in [6, 6.07) is 7.41. The zero-order chi connectivity index (χ0) is 14.1. The van der Waals surface area contributed by atoms with Crippen LogP contribution in [0.4, 0.5) is 5.69 Å². The van der Waals surface area contributed by atoms with E-state index in [1.165, 1.54) is 0 Å². The number of carbonyl (C=O) groups is 1. The number of rotatable bonds is 8. The molecule has 1 amide bonds. The largest absolute Gasteiger partial charge is 0.495 e. The number of ether oxygens (including phenoxy) is 1. The highest BCUT2D eigenvalue weighted by Gasteiger charge is 2.14. The molecule has 1 atom stereocenters. The van der Waals surface area contributed by atoms with Crippen molar-refractivity contribution in [3.63, 3.8) is 0 Å². The smallest absolute Gasteiger partial charge is 0.237 e. The highest BCUT2D eigenvalue weighted by Crippen LogP contribution is 2.24. The van der Waals surface area contributed by atoms with Crippen LogP contribution >= 0.6 is 11.8 Å². The Kier molecular flexibility index (Phi) is 7.36. The number of thioether (sulfide) groups is 1. The van der Waals surface area contributed by atoms with Crippen LogP contribution in [0.15, 0.2) is 24.3 Å². The predicted molar refractivity (Wildman–Crippen MR) is 81.8 cm³/mol. The topological polar surface area (TPSA) is 64.3 Å². The molecule has 5 heteroatoms. The molecule has 0 aliphatic heterocycles. The Hall–Kier alpha value is -1.20. The second-order valence-electron chi connectivity index (χ2n) is 4.20. The van der Waals surface area contributed by atoms with Crippen molar-refractivity contribution < 1.29 is 9.53 Å². The lowest BCUT2D eigenvalue weighted by Crippen LogP contribution is -2.23. The van der Waals surface area contributed by atoms with Gasteiger partial charge in [-0.2, -0.15) is 0 Å². The fourth-order valence-corrected chi connectivity index (χ4v) is 2.50. The standard InChI is InChI=1S/C14H22N2O2S/c1-11(19-10-6-5-9-15)14(17)16-12-7-3-4-8-13(12)18-2/h3-4,7-8,11H,5-6,9-10,15H2,1-2H3,(H,16,17). The lowest BCUT2D eigenvalue weighted by molar-refractivity contribution is -0.115. The number of hydrogen-bond acceptors (Lipinski definition) is 4. The van der Waals surface area contributed by atoms with Gasteiger partial charge in [0.1, 0.15) is 5.75 Å². The second-order valence-corrected chi connectivity index (χ2v) is 5.65. The maximum absolute atomic E-state index is 12.0. The minimum absolute atomic E-state index is 0.00208. The Bertz CT molecular complexity index is 399. The SMILES string of the molecule is COc1ccccc1NC(=O)C(C)SCCCCN. The van der Waals surface area contributed by atoms with Gasteiger partial charge in [0.25, 0.3) is 0 Å². The van der Waals surface area contributed by atoms with Crippen molar-refractivity contribution in [1.82, 2.24) is 0 Å². The summed E-state index contributed by atoms with van der Waals surface area (Å²) in [5, 5.41) is 2.81. The number of benzene rings is 1. The van der Waals surface area contributed by atoms with Crippen LogP contribution < -0.4 is 15.8 Å². The van der Waals surface area contributed by atoms with E-state index in [1.54, 1.807) is 18.9 Å². The summed E-state index contributed by atoms with van der Waals surface area (Å²) in [5.74, 6) is 1.64. The Labute approximate surface area is 119 Å². The van der Waals surface area contributed by atoms with Crippen LogP contribution in [-0.4, -0.2) is 30.6 Å². The molecule has 0 heterocycles. The van der Waals surface area contributed by atoms with Crippen LogP contribution in [0, 0.1) is 0 Å². The van der Waals surface area contributed by atoms with Gasteiger partial charge in [-0.05, 0) is 44.2 Å². The zero-order valence-corrected chi connectivity index (χ0v) is 12.3. The summed E-state index contributed by atoms with van der Waals surface area (Å²) >= 11 is 1.65. The molecular weight excluding hydrogens is 260 g/mol. The quantitative estimate of drug-likeness (QED) is 0.719. The third-order valence-corrected chi connectivity index (χ3v) is 3.94. The van der Waals surface area contributed by atoms with Crippen LogP contribution in [0.1, 0.15) is 19.8 Å². The summed E-state index contributed by atoms with van der Waals surface area (Å²) in [6.07, 6.45) is 2.06. The average molecular weight is 282 g/mol. The molecule has 0 aromatic heterocycles. The highest BCUT2D eigenvalue weighted by molar-refractivity contribution is 8.00. The molecule has 0 spiro atoms. The van der Waals surface area contributed by atoms with Gasteiger partial charge in [-0.15, -0.1) is 11.8 Å². The Morgan fingerprint density at radius 3 is 2.84 bits per heavy atom. The molecule has 1 rings (SSSR count). The third kappa shape index (κ3) is 5.53. The number of unbranched alkanes of at least 4 members (excludes halogenated alkanes) is 1. The van der Waals surface area contributed by atoms with Gasteiger partial charge in [0.2, 0.25) is 5.91 Å². The monoisotopic (exact) mass is 282 g/mol. The van der Waals surface area contributed by atoms with E-state index in [1.807, 2.05) is 31.2 Å². The van der Waals surface area contributed by atoms with Gasteiger partial charge in [-0.1, -0.05) is 12.1 Å². The van der Waals surface area contributed by atoms with Crippen LogP contribution in [0.25, 0.3) is 0 Å². The Morgan fingerprint density at radius 1 is 1.42 bits per heavy atom. The molecule has 1 unspecified atom stereocenters. The summed E-state index contributed by atoms with van der Waals surface area (Å²) in [6.45, 7) is 2.63. The van der Waals surface area contributed by atoms with E-state index in [4.69, 9.17) is 10.5 Å². The first-order valence-corrected chi connectivity index (χ1v) is 7.49. The number of methoxy groups -OCH3 is 1. The van der Waals surface area contributed by atoms with Crippen molar-refractivity contribution in [2.75, 3.05) is 24.7 Å². The van der Waals surface area contributed by atoms with Gasteiger partial charge in [-0.25, -0.2) is 0 Å². The van der Waals surface area contributed by atoms with E-state index in [9.17, 15) is 4.79 Å². The normalized spacial score (nSPS) is 11.9. The number of hydrogen-bond donors (Lipinski definition) is 2. The number of nitrogens with one attached hydrogen (secondary N) is 1. The molecule has 0 bridgehead atoms. The van der Waals surface area contributed by atoms with Crippen LogP contribution in [0.3, 0.4) is 0 Å². The Balaban J connectivity index is 2.45. The van der Waals surface area contributed by atoms with E-state index in [2.05, 4.69) is 5.32 Å². The lowest BCUT2D eigenvalue weighted by atomic mass is 10.3. The van der Waals surface area contributed by atoms with Crippen LogP contribution in [0.5, 0.6) is 5.75 Å². The van der Waals surface area contributed by atoms with Crippen molar-refractivity contribution in [2.45, 2.75) is 25.0 Å². The maximum atomic E-state index is 12.0. The molecular formula is C14H22N2O2S. The summed E-state index contributed by atoms with van der Waals surface area (Å²) in [5.41, 5.74) is 6.15. The number of carbonyl (C=O) groups excluding carboxylic acids is 1. The molecule has 106 valence electrons.